The summed E-state index contributed by atoms with van der Waals surface area (Å²) < 4.78 is 0. The van der Waals surface area contributed by atoms with Crippen molar-refractivity contribution in [2.75, 3.05) is 0 Å². The quantitative estimate of drug-likeness (QED) is 0.761. The first-order valence-electron chi connectivity index (χ1n) is 5.32. The monoisotopic (exact) mass is 232 g/mol. The molecule has 0 saturated heterocycles. The van der Waals surface area contributed by atoms with Crippen LogP contribution < -0.4 is 5.32 Å². The van der Waals surface area contributed by atoms with Crippen LogP contribution in [-0.2, 0) is 4.79 Å². The van der Waals surface area contributed by atoms with Crippen molar-refractivity contribution in [3.8, 4) is 0 Å². The summed E-state index contributed by atoms with van der Waals surface area (Å²) in [5, 5.41) is 11.3. The summed E-state index contributed by atoms with van der Waals surface area (Å²) in [6, 6.07) is 1.91. The number of nitrogens with one attached hydrogen (secondary N) is 1. The van der Waals surface area contributed by atoms with Crippen molar-refractivity contribution in [3.63, 3.8) is 0 Å². The highest BCUT2D eigenvalue weighted by molar-refractivity contribution is 5.95. The van der Waals surface area contributed by atoms with Crippen LogP contribution >= 0.6 is 0 Å². The van der Waals surface area contributed by atoms with Gasteiger partial charge in [0, 0.05) is 24.5 Å². The third-order valence-corrected chi connectivity index (χ3v) is 2.35. The SMILES string of the molecule is O=C(O)/C=C/c1cncc(C(=O)NC2CC2)c1. The number of pyridine rings is 1. The van der Waals surface area contributed by atoms with Gasteiger partial charge in [0.1, 0.15) is 0 Å². The molecule has 0 unspecified atom stereocenters. The van der Waals surface area contributed by atoms with Crippen LogP contribution in [-0.4, -0.2) is 28.0 Å². The Morgan fingerprint density at radius 1 is 1.41 bits per heavy atom. The fourth-order valence-electron chi connectivity index (χ4n) is 1.34. The van der Waals surface area contributed by atoms with E-state index in [4.69, 9.17) is 5.11 Å². The molecule has 2 rings (SSSR count). The fraction of sp³-hybridized carbons (Fsp3) is 0.250. The topological polar surface area (TPSA) is 79.3 Å². The number of rotatable bonds is 4. The van der Waals surface area contributed by atoms with Crippen molar-refractivity contribution in [2.24, 2.45) is 0 Å². The Balaban J connectivity index is 2.09. The van der Waals surface area contributed by atoms with E-state index in [0.717, 1.165) is 18.9 Å². The number of hydrogen-bond donors (Lipinski definition) is 2. The lowest BCUT2D eigenvalue weighted by atomic mass is 10.2. The molecule has 5 nitrogen and oxygen atoms in total. The van der Waals surface area contributed by atoms with Gasteiger partial charge in [-0.2, -0.15) is 0 Å². The van der Waals surface area contributed by atoms with Gasteiger partial charge < -0.3 is 10.4 Å². The second kappa shape index (κ2) is 4.78. The number of nitrogens with zero attached hydrogens (tertiary/aromatic N) is 1. The molecule has 5 heteroatoms. The van der Waals surface area contributed by atoms with Crippen molar-refractivity contribution >= 4 is 18.0 Å². The molecule has 0 aromatic carbocycles. The van der Waals surface area contributed by atoms with Crippen molar-refractivity contribution in [2.45, 2.75) is 18.9 Å². The summed E-state index contributed by atoms with van der Waals surface area (Å²) >= 11 is 0. The zero-order valence-corrected chi connectivity index (χ0v) is 9.09. The molecular formula is C12H12N2O3. The Labute approximate surface area is 98.2 Å². The molecule has 1 aromatic heterocycles. The van der Waals surface area contributed by atoms with Crippen LogP contribution in [0.25, 0.3) is 6.08 Å². The van der Waals surface area contributed by atoms with Gasteiger partial charge >= 0.3 is 5.97 Å². The van der Waals surface area contributed by atoms with Crippen LogP contribution in [0.3, 0.4) is 0 Å². The van der Waals surface area contributed by atoms with Crippen LogP contribution in [0, 0.1) is 0 Å². The Morgan fingerprint density at radius 3 is 2.82 bits per heavy atom. The molecule has 1 aliphatic carbocycles. The minimum absolute atomic E-state index is 0.162. The van der Waals surface area contributed by atoms with E-state index >= 15 is 0 Å². The predicted octanol–water partition coefficient (Wildman–Crippen LogP) is 1.07. The van der Waals surface area contributed by atoms with Crippen LogP contribution in [0.1, 0.15) is 28.8 Å². The number of aromatic nitrogens is 1. The third-order valence-electron chi connectivity index (χ3n) is 2.35. The van der Waals surface area contributed by atoms with E-state index in [9.17, 15) is 9.59 Å². The van der Waals surface area contributed by atoms with Crippen molar-refractivity contribution in [1.82, 2.24) is 10.3 Å². The van der Waals surface area contributed by atoms with Crippen molar-refractivity contribution in [3.05, 3.63) is 35.7 Å². The smallest absolute Gasteiger partial charge is 0.328 e. The molecule has 0 spiro atoms. The zero-order valence-electron chi connectivity index (χ0n) is 9.09. The first-order valence-corrected chi connectivity index (χ1v) is 5.32. The molecular weight excluding hydrogens is 220 g/mol. The molecule has 1 saturated carbocycles. The molecule has 0 aliphatic heterocycles. The van der Waals surface area contributed by atoms with Gasteiger partial charge in [-0.05, 0) is 30.5 Å². The highest BCUT2D eigenvalue weighted by Gasteiger charge is 2.23. The summed E-state index contributed by atoms with van der Waals surface area (Å²) in [4.78, 5) is 26.0. The Morgan fingerprint density at radius 2 is 2.18 bits per heavy atom. The first kappa shape index (κ1) is 11.3. The Hall–Kier alpha value is -2.17. The fourth-order valence-corrected chi connectivity index (χ4v) is 1.34. The van der Waals surface area contributed by atoms with E-state index in [1.54, 1.807) is 6.07 Å². The Kier molecular flexibility index (Phi) is 3.18. The Bertz CT molecular complexity index is 478. The van der Waals surface area contributed by atoms with Crippen molar-refractivity contribution in [1.29, 1.82) is 0 Å². The van der Waals surface area contributed by atoms with Gasteiger partial charge in [0.25, 0.3) is 5.91 Å². The minimum atomic E-state index is -1.03. The maximum atomic E-state index is 11.7. The van der Waals surface area contributed by atoms with Crippen LogP contribution in [0.4, 0.5) is 0 Å². The lowest BCUT2D eigenvalue weighted by Gasteiger charge is -2.03. The van der Waals surface area contributed by atoms with Crippen molar-refractivity contribution < 1.29 is 14.7 Å². The van der Waals surface area contributed by atoms with Gasteiger partial charge in [-0.3, -0.25) is 9.78 Å². The molecule has 88 valence electrons. The van der Waals surface area contributed by atoms with Crippen LogP contribution in [0.2, 0.25) is 0 Å². The predicted molar refractivity (Wildman–Crippen MR) is 61.4 cm³/mol. The van der Waals surface area contributed by atoms with Gasteiger partial charge in [0.15, 0.2) is 0 Å². The number of carbonyl (C=O) groups excluding carboxylic acids is 1. The van der Waals surface area contributed by atoms with Gasteiger partial charge in [0.2, 0.25) is 0 Å². The number of aliphatic carboxylic acids is 1. The maximum Gasteiger partial charge on any atom is 0.328 e. The highest BCUT2D eigenvalue weighted by Crippen LogP contribution is 2.19. The summed E-state index contributed by atoms with van der Waals surface area (Å²) in [5.41, 5.74) is 1.04. The largest absolute Gasteiger partial charge is 0.478 e. The van der Waals surface area contributed by atoms with Crippen LogP contribution in [0.5, 0.6) is 0 Å². The summed E-state index contributed by atoms with van der Waals surface area (Å²) in [6.45, 7) is 0. The maximum absolute atomic E-state index is 11.7. The number of carboxylic acid groups (broad SMARTS) is 1. The van der Waals surface area contributed by atoms with Gasteiger partial charge in [0.05, 0.1) is 5.56 Å². The number of hydrogen-bond acceptors (Lipinski definition) is 3. The number of carboxylic acids is 1. The lowest BCUT2D eigenvalue weighted by molar-refractivity contribution is -0.131. The lowest BCUT2D eigenvalue weighted by Crippen LogP contribution is -2.25. The van der Waals surface area contributed by atoms with E-state index in [0.29, 0.717) is 17.2 Å². The van der Waals surface area contributed by atoms with E-state index in [2.05, 4.69) is 10.3 Å². The summed E-state index contributed by atoms with van der Waals surface area (Å²) in [7, 11) is 0. The van der Waals surface area contributed by atoms with E-state index in [1.165, 1.54) is 18.5 Å². The second-order valence-corrected chi connectivity index (χ2v) is 3.93. The molecule has 1 fully saturated rings. The van der Waals surface area contributed by atoms with E-state index in [-0.39, 0.29) is 5.91 Å². The molecule has 1 amide bonds. The number of carbonyl (C=O) groups is 2. The first-order chi connectivity index (χ1) is 8.15. The molecule has 1 aliphatic rings. The average Bonchev–Trinajstić information content (AvgIpc) is 3.10. The number of amides is 1. The molecule has 0 bridgehead atoms. The van der Waals surface area contributed by atoms with Gasteiger partial charge in [-0.25, -0.2) is 4.79 Å². The third kappa shape index (κ3) is 3.41. The highest BCUT2D eigenvalue weighted by atomic mass is 16.4. The standard InChI is InChI=1S/C12H12N2O3/c15-11(16)4-1-8-5-9(7-13-6-8)12(17)14-10-2-3-10/h1,4-7,10H,2-3H2,(H,14,17)(H,15,16)/b4-1+. The summed E-state index contributed by atoms with van der Waals surface area (Å²) in [5.74, 6) is -1.19. The van der Waals surface area contributed by atoms with E-state index < -0.39 is 5.97 Å². The average molecular weight is 232 g/mol. The van der Waals surface area contributed by atoms with Gasteiger partial charge in [-0.1, -0.05) is 0 Å². The molecule has 0 radical (unpaired) electrons. The van der Waals surface area contributed by atoms with E-state index in [1.807, 2.05) is 0 Å². The summed E-state index contributed by atoms with van der Waals surface area (Å²) in [6.07, 6.45) is 7.45. The molecule has 1 aromatic rings. The molecule has 2 N–H and O–H groups in total. The molecule has 0 atom stereocenters. The normalized spacial score (nSPS) is 14.8. The second-order valence-electron chi connectivity index (χ2n) is 3.93. The zero-order chi connectivity index (χ0) is 12.3. The molecule has 1 heterocycles. The minimum Gasteiger partial charge on any atom is -0.478 e. The van der Waals surface area contributed by atoms with Gasteiger partial charge in [-0.15, -0.1) is 0 Å². The van der Waals surface area contributed by atoms with Crippen LogP contribution in [0.15, 0.2) is 24.5 Å². The molecule has 17 heavy (non-hydrogen) atoms.